The van der Waals surface area contributed by atoms with E-state index in [0.717, 1.165) is 30.2 Å². The summed E-state index contributed by atoms with van der Waals surface area (Å²) in [7, 11) is 2.17. The van der Waals surface area contributed by atoms with Crippen LogP contribution in [0.1, 0.15) is 31.2 Å². The molecular formula is C15H19BrN2. The van der Waals surface area contributed by atoms with E-state index in [4.69, 9.17) is 5.26 Å². The van der Waals surface area contributed by atoms with E-state index < -0.39 is 0 Å². The second kappa shape index (κ2) is 5.75. The lowest BCUT2D eigenvalue weighted by atomic mass is 9.86. The molecule has 0 atom stereocenters. The molecule has 1 aliphatic carbocycles. The van der Waals surface area contributed by atoms with E-state index in [1.165, 1.54) is 11.3 Å². The monoisotopic (exact) mass is 306 g/mol. The van der Waals surface area contributed by atoms with Gasteiger partial charge in [-0.2, -0.15) is 5.26 Å². The number of hydrogen-bond acceptors (Lipinski definition) is 2. The Balaban J connectivity index is 2.10. The minimum Gasteiger partial charge on any atom is -0.371 e. The Morgan fingerprint density at radius 1 is 1.28 bits per heavy atom. The highest BCUT2D eigenvalue weighted by Crippen LogP contribution is 2.32. The van der Waals surface area contributed by atoms with Gasteiger partial charge in [0.1, 0.15) is 0 Å². The second-order valence-corrected chi connectivity index (χ2v) is 6.09. The molecule has 0 bridgehead atoms. The van der Waals surface area contributed by atoms with Crippen molar-refractivity contribution in [3.8, 4) is 6.07 Å². The van der Waals surface area contributed by atoms with Crippen molar-refractivity contribution in [2.75, 3.05) is 11.9 Å². The third-order valence-corrected chi connectivity index (χ3v) is 4.47. The topological polar surface area (TPSA) is 27.0 Å². The maximum atomic E-state index is 8.94. The summed E-state index contributed by atoms with van der Waals surface area (Å²) in [4.78, 5) is 2.38. The first-order valence-electron chi connectivity index (χ1n) is 6.50. The van der Waals surface area contributed by atoms with Crippen molar-refractivity contribution in [3.63, 3.8) is 0 Å². The summed E-state index contributed by atoms with van der Waals surface area (Å²) in [5, 5.41) is 8.94. The first-order valence-corrected chi connectivity index (χ1v) is 7.29. The van der Waals surface area contributed by atoms with Gasteiger partial charge in [0.15, 0.2) is 0 Å². The maximum Gasteiger partial charge on any atom is 0.0655 e. The van der Waals surface area contributed by atoms with Crippen LogP contribution in [0, 0.1) is 24.2 Å². The van der Waals surface area contributed by atoms with Gasteiger partial charge in [0, 0.05) is 29.2 Å². The molecule has 0 aromatic heterocycles. The molecular weight excluding hydrogens is 288 g/mol. The van der Waals surface area contributed by atoms with Crippen LogP contribution < -0.4 is 4.90 Å². The number of nitriles is 1. The molecule has 1 aromatic rings. The summed E-state index contributed by atoms with van der Waals surface area (Å²) < 4.78 is 1.13. The van der Waals surface area contributed by atoms with Crippen molar-refractivity contribution in [1.29, 1.82) is 5.26 Å². The highest BCUT2D eigenvalue weighted by Gasteiger charge is 2.24. The van der Waals surface area contributed by atoms with Crippen LogP contribution in [0.3, 0.4) is 0 Å². The van der Waals surface area contributed by atoms with Gasteiger partial charge < -0.3 is 4.90 Å². The summed E-state index contributed by atoms with van der Waals surface area (Å²) in [5.41, 5.74) is 2.60. The van der Waals surface area contributed by atoms with E-state index in [-0.39, 0.29) is 5.92 Å². The molecule has 3 heteroatoms. The van der Waals surface area contributed by atoms with Gasteiger partial charge >= 0.3 is 0 Å². The zero-order valence-corrected chi connectivity index (χ0v) is 12.6. The fraction of sp³-hybridized carbons (Fsp3) is 0.533. The number of halogens is 1. The molecule has 2 nitrogen and oxygen atoms in total. The molecule has 2 rings (SSSR count). The lowest BCUT2D eigenvalue weighted by Crippen LogP contribution is -2.35. The van der Waals surface area contributed by atoms with E-state index in [2.05, 4.69) is 59.1 Å². The molecule has 1 fully saturated rings. The number of rotatable bonds is 2. The van der Waals surface area contributed by atoms with Crippen LogP contribution in [0.25, 0.3) is 0 Å². The standard InChI is InChI=1S/C15H19BrN2/c1-11-3-6-13(16)9-15(11)18(2)14-7-4-12(10-17)5-8-14/h3,6,9,12,14H,4-5,7-8H2,1-2H3. The van der Waals surface area contributed by atoms with Crippen LogP contribution in [-0.2, 0) is 0 Å². The molecule has 18 heavy (non-hydrogen) atoms. The zero-order chi connectivity index (χ0) is 13.1. The summed E-state index contributed by atoms with van der Waals surface area (Å²) in [6, 6.07) is 9.39. The fourth-order valence-electron chi connectivity index (χ4n) is 2.75. The van der Waals surface area contributed by atoms with Crippen molar-refractivity contribution in [1.82, 2.24) is 0 Å². The van der Waals surface area contributed by atoms with Crippen LogP contribution in [0.15, 0.2) is 22.7 Å². The highest BCUT2D eigenvalue weighted by molar-refractivity contribution is 9.10. The van der Waals surface area contributed by atoms with Gasteiger partial charge in [-0.1, -0.05) is 22.0 Å². The molecule has 96 valence electrons. The first-order chi connectivity index (χ1) is 8.61. The Kier molecular flexibility index (Phi) is 4.29. The molecule has 0 unspecified atom stereocenters. The average molecular weight is 307 g/mol. The molecule has 0 spiro atoms. The minimum atomic E-state index is 0.276. The quantitative estimate of drug-likeness (QED) is 0.815. The van der Waals surface area contributed by atoms with Crippen molar-refractivity contribution in [2.24, 2.45) is 5.92 Å². The summed E-state index contributed by atoms with van der Waals surface area (Å²) in [5.74, 6) is 0.276. The van der Waals surface area contributed by atoms with Crippen molar-refractivity contribution in [3.05, 3.63) is 28.2 Å². The predicted octanol–water partition coefficient (Wildman–Crippen LogP) is 4.28. The van der Waals surface area contributed by atoms with Crippen LogP contribution in [0.4, 0.5) is 5.69 Å². The van der Waals surface area contributed by atoms with E-state index in [9.17, 15) is 0 Å². The number of benzene rings is 1. The number of nitrogens with zero attached hydrogens (tertiary/aromatic N) is 2. The molecule has 1 saturated carbocycles. The molecule has 0 amide bonds. The maximum absolute atomic E-state index is 8.94. The first kappa shape index (κ1) is 13.4. The summed E-state index contributed by atoms with van der Waals surface area (Å²) in [6.07, 6.45) is 4.33. The Morgan fingerprint density at radius 2 is 1.94 bits per heavy atom. The molecule has 0 heterocycles. The van der Waals surface area contributed by atoms with E-state index >= 15 is 0 Å². The molecule has 0 N–H and O–H groups in total. The average Bonchev–Trinajstić information content (AvgIpc) is 2.41. The van der Waals surface area contributed by atoms with Crippen LogP contribution >= 0.6 is 15.9 Å². The van der Waals surface area contributed by atoms with Crippen molar-refractivity contribution < 1.29 is 0 Å². The normalized spacial score (nSPS) is 23.4. The van der Waals surface area contributed by atoms with Crippen LogP contribution in [0.2, 0.25) is 0 Å². The number of anilines is 1. The molecule has 1 aromatic carbocycles. The molecule has 0 saturated heterocycles. The van der Waals surface area contributed by atoms with Gasteiger partial charge in [-0.25, -0.2) is 0 Å². The van der Waals surface area contributed by atoms with Crippen molar-refractivity contribution >= 4 is 21.6 Å². The lowest BCUT2D eigenvalue weighted by Gasteiger charge is -2.35. The molecule has 0 aliphatic heterocycles. The smallest absolute Gasteiger partial charge is 0.0655 e. The Hall–Kier alpha value is -1.01. The molecule has 0 radical (unpaired) electrons. The lowest BCUT2D eigenvalue weighted by molar-refractivity contribution is 0.372. The van der Waals surface area contributed by atoms with E-state index in [0.29, 0.717) is 6.04 Å². The van der Waals surface area contributed by atoms with Crippen molar-refractivity contribution in [2.45, 2.75) is 38.6 Å². The number of aryl methyl sites for hydroxylation is 1. The van der Waals surface area contributed by atoms with Crippen LogP contribution in [0.5, 0.6) is 0 Å². The largest absolute Gasteiger partial charge is 0.371 e. The minimum absolute atomic E-state index is 0.276. The van der Waals surface area contributed by atoms with Gasteiger partial charge in [0.2, 0.25) is 0 Å². The second-order valence-electron chi connectivity index (χ2n) is 5.18. The zero-order valence-electron chi connectivity index (χ0n) is 11.0. The van der Waals surface area contributed by atoms with Gasteiger partial charge in [0.25, 0.3) is 0 Å². The third-order valence-electron chi connectivity index (χ3n) is 3.98. The summed E-state index contributed by atoms with van der Waals surface area (Å²) >= 11 is 3.54. The Bertz CT molecular complexity index is 456. The van der Waals surface area contributed by atoms with Gasteiger partial charge in [-0.3, -0.25) is 0 Å². The highest BCUT2D eigenvalue weighted by atomic mass is 79.9. The summed E-state index contributed by atoms with van der Waals surface area (Å²) in [6.45, 7) is 2.15. The number of hydrogen-bond donors (Lipinski definition) is 0. The van der Waals surface area contributed by atoms with Gasteiger partial charge in [-0.05, 0) is 50.3 Å². The van der Waals surface area contributed by atoms with E-state index in [1.54, 1.807) is 0 Å². The van der Waals surface area contributed by atoms with Gasteiger partial charge in [0.05, 0.1) is 6.07 Å². The predicted molar refractivity (Wildman–Crippen MR) is 78.6 cm³/mol. The van der Waals surface area contributed by atoms with E-state index in [1.807, 2.05) is 0 Å². The SMILES string of the molecule is Cc1ccc(Br)cc1N(C)C1CCC(C#N)CC1. The van der Waals surface area contributed by atoms with Gasteiger partial charge in [-0.15, -0.1) is 0 Å². The molecule has 1 aliphatic rings. The Morgan fingerprint density at radius 3 is 2.56 bits per heavy atom. The van der Waals surface area contributed by atoms with Crippen LogP contribution in [-0.4, -0.2) is 13.1 Å². The third kappa shape index (κ3) is 2.87. The Labute approximate surface area is 118 Å². The fourth-order valence-corrected chi connectivity index (χ4v) is 3.10.